The molecule has 0 bridgehead atoms. The van der Waals surface area contributed by atoms with Crippen LogP contribution in [0.4, 0.5) is 0 Å². The number of hydrogen-bond acceptors (Lipinski definition) is 5. The average molecular weight is 521 g/mol. The monoisotopic (exact) mass is 521 g/mol. The largest absolute Gasteiger partial charge is 0.364 e. The molecule has 1 fully saturated rings. The summed E-state index contributed by atoms with van der Waals surface area (Å²) in [6.45, 7) is 5.52. The summed E-state index contributed by atoms with van der Waals surface area (Å²) in [7, 11) is 1.84. The summed E-state index contributed by atoms with van der Waals surface area (Å²) in [6, 6.07) is 12.1. The third-order valence-corrected chi connectivity index (χ3v) is 5.11. The van der Waals surface area contributed by atoms with Crippen LogP contribution in [0.25, 0.3) is 5.69 Å². The Morgan fingerprint density at radius 1 is 1.13 bits per heavy atom. The van der Waals surface area contributed by atoms with Crippen LogP contribution < -0.4 is 5.32 Å². The van der Waals surface area contributed by atoms with Gasteiger partial charge in [0.05, 0.1) is 17.6 Å². The maximum Gasteiger partial charge on any atom is 0.193 e. The third-order valence-electron chi connectivity index (χ3n) is 5.11. The summed E-state index contributed by atoms with van der Waals surface area (Å²) in [4.78, 5) is 9.16. The standard InChI is InChI=1S/C21H27N7O.HI/c1-22-21(27-12-10-26(11-13-27)17-19-8-14-29-25-19)23-9-7-18-15-24-28(16-18)20-5-3-2-4-6-20;/h2-6,8,14-16H,7,9-13,17H2,1H3,(H,22,23);1H. The van der Waals surface area contributed by atoms with E-state index in [-0.39, 0.29) is 24.0 Å². The van der Waals surface area contributed by atoms with Gasteiger partial charge in [0, 0.05) is 58.6 Å². The molecule has 3 aromatic rings. The number of rotatable bonds is 6. The molecule has 1 aromatic carbocycles. The lowest BCUT2D eigenvalue weighted by molar-refractivity contribution is 0.169. The fraction of sp³-hybridized carbons (Fsp3) is 0.381. The molecule has 0 saturated carbocycles. The van der Waals surface area contributed by atoms with E-state index in [0.29, 0.717) is 0 Å². The van der Waals surface area contributed by atoms with Gasteiger partial charge in [0.1, 0.15) is 6.26 Å². The number of halogens is 1. The Bertz CT molecular complexity index is 903. The Labute approximate surface area is 194 Å². The van der Waals surface area contributed by atoms with Crippen molar-refractivity contribution in [2.75, 3.05) is 39.8 Å². The van der Waals surface area contributed by atoms with E-state index in [4.69, 9.17) is 4.52 Å². The summed E-state index contributed by atoms with van der Waals surface area (Å²) in [5, 5.41) is 12.0. The van der Waals surface area contributed by atoms with E-state index >= 15 is 0 Å². The third kappa shape index (κ3) is 5.82. The second-order valence-electron chi connectivity index (χ2n) is 7.11. The predicted octanol–water partition coefficient (Wildman–Crippen LogP) is 2.41. The van der Waals surface area contributed by atoms with Gasteiger partial charge < -0.3 is 14.7 Å². The molecule has 30 heavy (non-hydrogen) atoms. The lowest BCUT2D eigenvalue weighted by Crippen LogP contribution is -2.52. The van der Waals surface area contributed by atoms with Crippen molar-refractivity contribution in [1.82, 2.24) is 30.1 Å². The Morgan fingerprint density at radius 2 is 1.93 bits per heavy atom. The molecule has 2 aromatic heterocycles. The number of benzene rings is 1. The Morgan fingerprint density at radius 3 is 2.63 bits per heavy atom. The molecule has 0 spiro atoms. The van der Waals surface area contributed by atoms with Crippen LogP contribution in [-0.4, -0.2) is 70.5 Å². The van der Waals surface area contributed by atoms with Crippen molar-refractivity contribution in [2.24, 2.45) is 4.99 Å². The highest BCUT2D eigenvalue weighted by Gasteiger charge is 2.20. The number of guanidine groups is 1. The van der Waals surface area contributed by atoms with Crippen molar-refractivity contribution in [1.29, 1.82) is 0 Å². The van der Waals surface area contributed by atoms with Crippen molar-refractivity contribution >= 4 is 29.9 Å². The first kappa shape index (κ1) is 22.3. The fourth-order valence-electron chi connectivity index (χ4n) is 3.53. The quantitative estimate of drug-likeness (QED) is 0.305. The summed E-state index contributed by atoms with van der Waals surface area (Å²) >= 11 is 0. The van der Waals surface area contributed by atoms with Gasteiger partial charge in [0.2, 0.25) is 0 Å². The van der Waals surface area contributed by atoms with Crippen LogP contribution in [0.5, 0.6) is 0 Å². The van der Waals surface area contributed by atoms with Crippen molar-refractivity contribution in [3.63, 3.8) is 0 Å². The highest BCUT2D eigenvalue weighted by molar-refractivity contribution is 14.0. The minimum atomic E-state index is 0. The molecule has 0 aliphatic carbocycles. The number of aromatic nitrogens is 3. The Kier molecular flexibility index (Phi) is 8.26. The van der Waals surface area contributed by atoms with Gasteiger partial charge in [0.25, 0.3) is 0 Å². The number of aliphatic imine (C=N–C) groups is 1. The van der Waals surface area contributed by atoms with Crippen LogP contribution in [0, 0.1) is 0 Å². The first-order valence-electron chi connectivity index (χ1n) is 9.98. The van der Waals surface area contributed by atoms with Crippen LogP contribution >= 0.6 is 24.0 Å². The van der Waals surface area contributed by atoms with E-state index in [0.717, 1.165) is 63.0 Å². The van der Waals surface area contributed by atoms with Gasteiger partial charge >= 0.3 is 0 Å². The van der Waals surface area contributed by atoms with Crippen molar-refractivity contribution in [2.45, 2.75) is 13.0 Å². The molecule has 0 unspecified atom stereocenters. The van der Waals surface area contributed by atoms with Gasteiger partial charge in [-0.3, -0.25) is 9.89 Å². The van der Waals surface area contributed by atoms with E-state index in [1.54, 1.807) is 6.26 Å². The van der Waals surface area contributed by atoms with Gasteiger partial charge in [-0.1, -0.05) is 23.4 Å². The van der Waals surface area contributed by atoms with Crippen molar-refractivity contribution < 1.29 is 4.52 Å². The van der Waals surface area contributed by atoms with E-state index < -0.39 is 0 Å². The van der Waals surface area contributed by atoms with Crippen LogP contribution in [-0.2, 0) is 13.0 Å². The zero-order chi connectivity index (χ0) is 19.9. The number of nitrogens with one attached hydrogen (secondary N) is 1. The average Bonchev–Trinajstić information content (AvgIpc) is 3.45. The molecule has 160 valence electrons. The van der Waals surface area contributed by atoms with Crippen LogP contribution in [0.3, 0.4) is 0 Å². The lowest BCUT2D eigenvalue weighted by Gasteiger charge is -2.36. The molecule has 1 aliphatic heterocycles. The number of piperazine rings is 1. The Hall–Kier alpha value is -2.40. The predicted molar refractivity (Wildman–Crippen MR) is 127 cm³/mol. The number of hydrogen-bond donors (Lipinski definition) is 1. The molecule has 1 aliphatic rings. The van der Waals surface area contributed by atoms with Crippen LogP contribution in [0.2, 0.25) is 0 Å². The molecule has 0 amide bonds. The van der Waals surface area contributed by atoms with Gasteiger partial charge in [-0.15, -0.1) is 24.0 Å². The molecular formula is C21H28IN7O. The molecule has 1 saturated heterocycles. The molecule has 0 radical (unpaired) electrons. The molecule has 0 atom stereocenters. The molecule has 1 N–H and O–H groups in total. The second-order valence-corrected chi connectivity index (χ2v) is 7.11. The zero-order valence-corrected chi connectivity index (χ0v) is 19.5. The van der Waals surface area contributed by atoms with Crippen molar-refractivity contribution in [3.8, 4) is 5.69 Å². The number of nitrogens with zero attached hydrogens (tertiary/aromatic N) is 6. The molecular weight excluding hydrogens is 493 g/mol. The first-order valence-corrected chi connectivity index (χ1v) is 9.98. The fourth-order valence-corrected chi connectivity index (χ4v) is 3.53. The highest BCUT2D eigenvalue weighted by atomic mass is 127. The number of para-hydroxylation sites is 1. The highest BCUT2D eigenvalue weighted by Crippen LogP contribution is 2.09. The lowest BCUT2D eigenvalue weighted by atomic mass is 10.2. The minimum Gasteiger partial charge on any atom is -0.364 e. The normalized spacial score (nSPS) is 15.1. The maximum atomic E-state index is 4.92. The van der Waals surface area contributed by atoms with Crippen molar-refractivity contribution in [3.05, 3.63) is 66.3 Å². The van der Waals surface area contributed by atoms with Gasteiger partial charge in [-0.25, -0.2) is 4.68 Å². The molecule has 4 rings (SSSR count). The van der Waals surface area contributed by atoms with E-state index in [1.165, 1.54) is 5.56 Å². The van der Waals surface area contributed by atoms with E-state index in [9.17, 15) is 0 Å². The topological polar surface area (TPSA) is 74.7 Å². The summed E-state index contributed by atoms with van der Waals surface area (Å²) < 4.78 is 6.83. The zero-order valence-electron chi connectivity index (χ0n) is 17.1. The molecule has 8 nitrogen and oxygen atoms in total. The Balaban J connectivity index is 0.00000256. The van der Waals surface area contributed by atoms with Gasteiger partial charge in [-0.05, 0) is 24.1 Å². The van der Waals surface area contributed by atoms with Crippen LogP contribution in [0.1, 0.15) is 11.3 Å². The first-order chi connectivity index (χ1) is 14.3. The van der Waals surface area contributed by atoms with E-state index in [1.807, 2.05) is 42.2 Å². The molecule has 9 heteroatoms. The second kappa shape index (κ2) is 11.1. The summed E-state index contributed by atoms with van der Waals surface area (Å²) in [6.07, 6.45) is 6.54. The maximum absolute atomic E-state index is 4.92. The minimum absolute atomic E-state index is 0. The SMILES string of the molecule is CN=C(NCCc1cnn(-c2ccccc2)c1)N1CCN(Cc2ccon2)CC1.I. The van der Waals surface area contributed by atoms with Crippen LogP contribution in [0.15, 0.2) is 64.6 Å². The smallest absolute Gasteiger partial charge is 0.193 e. The summed E-state index contributed by atoms with van der Waals surface area (Å²) in [5.41, 5.74) is 3.26. The molecule has 3 heterocycles. The van der Waals surface area contributed by atoms with Gasteiger partial charge in [-0.2, -0.15) is 5.10 Å². The van der Waals surface area contributed by atoms with E-state index in [2.05, 4.69) is 48.7 Å². The van der Waals surface area contributed by atoms with Gasteiger partial charge in [0.15, 0.2) is 5.96 Å². The summed E-state index contributed by atoms with van der Waals surface area (Å²) in [5.74, 6) is 0.960.